The topological polar surface area (TPSA) is 76.9 Å². The van der Waals surface area contributed by atoms with Crippen molar-refractivity contribution >= 4 is 15.7 Å². The number of rotatable bonds is 5. The normalized spacial score (nSPS) is 15.5. The van der Waals surface area contributed by atoms with Crippen LogP contribution in [0.25, 0.3) is 11.4 Å². The highest BCUT2D eigenvalue weighted by Crippen LogP contribution is 2.33. The zero-order chi connectivity index (χ0) is 19.6. The fourth-order valence-corrected chi connectivity index (χ4v) is 4.86. The first-order valence-electron chi connectivity index (χ1n) is 9.60. The molecular formula is C21H24N4O2S. The Balaban J connectivity index is 1.48. The molecule has 1 aromatic heterocycles. The van der Waals surface area contributed by atoms with Crippen LogP contribution in [0.1, 0.15) is 43.6 Å². The molecule has 2 aromatic carbocycles. The Hall–Kier alpha value is -2.67. The number of nitrogens with zero attached hydrogens (tertiary/aromatic N) is 3. The number of aryl methyl sites for hydroxylation is 1. The van der Waals surface area contributed by atoms with E-state index in [4.69, 9.17) is 0 Å². The molecule has 7 heteroatoms. The van der Waals surface area contributed by atoms with E-state index in [0.29, 0.717) is 11.6 Å². The van der Waals surface area contributed by atoms with E-state index in [1.165, 1.54) is 37.7 Å². The molecule has 0 spiro atoms. The molecule has 1 saturated carbocycles. The minimum Gasteiger partial charge on any atom is -0.317 e. The van der Waals surface area contributed by atoms with Gasteiger partial charge in [-0.1, -0.05) is 31.4 Å². The van der Waals surface area contributed by atoms with E-state index in [2.05, 4.69) is 14.9 Å². The molecule has 1 aliphatic carbocycles. The maximum atomic E-state index is 12.7. The summed E-state index contributed by atoms with van der Waals surface area (Å²) < 4.78 is 29.9. The zero-order valence-electron chi connectivity index (χ0n) is 15.9. The van der Waals surface area contributed by atoms with Crippen molar-refractivity contribution in [3.05, 3.63) is 60.4 Å². The van der Waals surface area contributed by atoms with Crippen LogP contribution in [0.3, 0.4) is 0 Å². The molecule has 0 aliphatic heterocycles. The van der Waals surface area contributed by atoms with Gasteiger partial charge in [0.25, 0.3) is 10.0 Å². The molecule has 0 radical (unpaired) electrons. The molecule has 1 N–H and O–H groups in total. The lowest BCUT2D eigenvalue weighted by molar-refractivity contribution is 0.443. The summed E-state index contributed by atoms with van der Waals surface area (Å²) >= 11 is 0. The van der Waals surface area contributed by atoms with Gasteiger partial charge in [-0.25, -0.2) is 8.42 Å². The van der Waals surface area contributed by atoms with Crippen LogP contribution >= 0.6 is 0 Å². The second-order valence-corrected chi connectivity index (χ2v) is 9.03. The van der Waals surface area contributed by atoms with Crippen LogP contribution in [0.15, 0.2) is 59.8 Å². The Bertz CT molecular complexity index is 1030. The van der Waals surface area contributed by atoms with Crippen molar-refractivity contribution < 1.29 is 8.42 Å². The second kappa shape index (κ2) is 7.75. The van der Waals surface area contributed by atoms with Gasteiger partial charge in [-0.05, 0) is 60.7 Å². The number of nitrogens with one attached hydrogen (secondary N) is 1. The van der Waals surface area contributed by atoms with Gasteiger partial charge in [-0.3, -0.25) is 4.72 Å². The predicted molar refractivity (Wildman–Crippen MR) is 110 cm³/mol. The molecule has 0 amide bonds. The standard InChI is InChI=1S/C21H24N4O2S/c1-25-15-22-23-21(25)18-7-11-19(12-8-18)24-28(26,27)20-13-9-17(10-14-20)16-5-3-2-4-6-16/h7-16,24H,2-6H2,1H3. The number of hydrogen-bond donors (Lipinski definition) is 1. The molecule has 0 bridgehead atoms. The second-order valence-electron chi connectivity index (χ2n) is 7.35. The van der Waals surface area contributed by atoms with Crippen LogP contribution in [0.2, 0.25) is 0 Å². The molecular weight excluding hydrogens is 372 g/mol. The number of sulfonamides is 1. The first-order valence-corrected chi connectivity index (χ1v) is 11.1. The SMILES string of the molecule is Cn1cnnc1-c1ccc(NS(=O)(=O)c2ccc(C3CCCCC3)cc2)cc1. The number of anilines is 1. The van der Waals surface area contributed by atoms with Gasteiger partial charge in [0.2, 0.25) is 0 Å². The van der Waals surface area contributed by atoms with Crippen LogP contribution in [0, 0.1) is 0 Å². The summed E-state index contributed by atoms with van der Waals surface area (Å²) in [5, 5.41) is 7.92. The molecule has 6 nitrogen and oxygen atoms in total. The number of aromatic nitrogens is 3. The third-order valence-electron chi connectivity index (χ3n) is 5.37. The van der Waals surface area contributed by atoms with Gasteiger partial charge in [0, 0.05) is 18.3 Å². The summed E-state index contributed by atoms with van der Waals surface area (Å²) in [5.74, 6) is 1.29. The Labute approximate surface area is 165 Å². The summed E-state index contributed by atoms with van der Waals surface area (Å²) in [6.45, 7) is 0. The highest BCUT2D eigenvalue weighted by molar-refractivity contribution is 7.92. The third kappa shape index (κ3) is 3.94. The van der Waals surface area contributed by atoms with Crippen molar-refractivity contribution in [1.29, 1.82) is 0 Å². The van der Waals surface area contributed by atoms with Crippen molar-refractivity contribution in [3.63, 3.8) is 0 Å². The van der Waals surface area contributed by atoms with Crippen LogP contribution in [-0.4, -0.2) is 23.2 Å². The van der Waals surface area contributed by atoms with Gasteiger partial charge in [0.15, 0.2) is 5.82 Å². The summed E-state index contributed by atoms with van der Waals surface area (Å²) in [5.41, 5.74) is 2.63. The van der Waals surface area contributed by atoms with E-state index in [1.54, 1.807) is 30.6 Å². The average Bonchev–Trinajstić information content (AvgIpc) is 3.15. The van der Waals surface area contributed by atoms with E-state index in [1.807, 2.05) is 35.9 Å². The fourth-order valence-electron chi connectivity index (χ4n) is 3.80. The lowest BCUT2D eigenvalue weighted by Crippen LogP contribution is -2.13. The lowest BCUT2D eigenvalue weighted by Gasteiger charge is -2.22. The van der Waals surface area contributed by atoms with Gasteiger partial charge in [0.1, 0.15) is 6.33 Å². The van der Waals surface area contributed by atoms with Crippen molar-refractivity contribution in [1.82, 2.24) is 14.8 Å². The molecule has 1 fully saturated rings. The van der Waals surface area contributed by atoms with Gasteiger partial charge < -0.3 is 4.57 Å². The van der Waals surface area contributed by atoms with Gasteiger partial charge in [-0.2, -0.15) is 0 Å². The molecule has 1 heterocycles. The van der Waals surface area contributed by atoms with Crippen molar-refractivity contribution in [2.45, 2.75) is 42.9 Å². The van der Waals surface area contributed by atoms with Crippen molar-refractivity contribution in [3.8, 4) is 11.4 Å². The first-order chi connectivity index (χ1) is 13.5. The lowest BCUT2D eigenvalue weighted by atomic mass is 9.84. The quantitative estimate of drug-likeness (QED) is 0.696. The van der Waals surface area contributed by atoms with E-state index in [0.717, 1.165) is 11.4 Å². The van der Waals surface area contributed by atoms with Crippen molar-refractivity contribution in [2.24, 2.45) is 7.05 Å². The fraction of sp³-hybridized carbons (Fsp3) is 0.333. The molecule has 28 heavy (non-hydrogen) atoms. The maximum absolute atomic E-state index is 12.7. The summed E-state index contributed by atoms with van der Waals surface area (Å²) in [7, 11) is -1.75. The molecule has 0 atom stereocenters. The Kier molecular flexibility index (Phi) is 5.17. The number of benzene rings is 2. The van der Waals surface area contributed by atoms with E-state index in [9.17, 15) is 8.42 Å². The largest absolute Gasteiger partial charge is 0.317 e. The van der Waals surface area contributed by atoms with Crippen LogP contribution in [-0.2, 0) is 17.1 Å². The summed E-state index contributed by atoms with van der Waals surface area (Å²) in [6.07, 6.45) is 7.85. The first kappa shape index (κ1) is 18.7. The van der Waals surface area contributed by atoms with E-state index >= 15 is 0 Å². The monoisotopic (exact) mass is 396 g/mol. The maximum Gasteiger partial charge on any atom is 0.261 e. The third-order valence-corrected chi connectivity index (χ3v) is 6.77. The van der Waals surface area contributed by atoms with Crippen LogP contribution in [0.4, 0.5) is 5.69 Å². The van der Waals surface area contributed by atoms with Crippen LogP contribution in [0.5, 0.6) is 0 Å². The predicted octanol–water partition coefficient (Wildman–Crippen LogP) is 4.33. The van der Waals surface area contributed by atoms with Gasteiger partial charge in [-0.15, -0.1) is 10.2 Å². The smallest absolute Gasteiger partial charge is 0.261 e. The molecule has 0 unspecified atom stereocenters. The molecule has 146 valence electrons. The van der Waals surface area contributed by atoms with Gasteiger partial charge in [0.05, 0.1) is 4.90 Å². The minimum absolute atomic E-state index is 0.282. The van der Waals surface area contributed by atoms with Gasteiger partial charge >= 0.3 is 0 Å². The van der Waals surface area contributed by atoms with E-state index < -0.39 is 10.0 Å². The minimum atomic E-state index is -3.62. The Morgan fingerprint density at radius 1 is 0.964 bits per heavy atom. The Morgan fingerprint density at radius 2 is 1.64 bits per heavy atom. The number of hydrogen-bond acceptors (Lipinski definition) is 4. The molecule has 3 aromatic rings. The molecule has 4 rings (SSSR count). The molecule has 0 saturated heterocycles. The summed E-state index contributed by atoms with van der Waals surface area (Å²) in [4.78, 5) is 0.282. The van der Waals surface area contributed by atoms with Crippen molar-refractivity contribution in [2.75, 3.05) is 4.72 Å². The highest BCUT2D eigenvalue weighted by Gasteiger charge is 2.18. The zero-order valence-corrected chi connectivity index (χ0v) is 16.7. The highest BCUT2D eigenvalue weighted by atomic mass is 32.2. The molecule has 1 aliphatic rings. The van der Waals surface area contributed by atoms with Crippen LogP contribution < -0.4 is 4.72 Å². The Morgan fingerprint density at radius 3 is 2.25 bits per heavy atom. The van der Waals surface area contributed by atoms with E-state index in [-0.39, 0.29) is 4.90 Å². The average molecular weight is 397 g/mol. The summed E-state index contributed by atoms with van der Waals surface area (Å²) in [6, 6.07) is 14.5.